The van der Waals surface area contributed by atoms with Crippen LogP contribution in [0.5, 0.6) is 0 Å². The molecule has 3 heterocycles. The molecular formula is C48H30FN3O. The van der Waals surface area contributed by atoms with Crippen molar-refractivity contribution in [3.05, 3.63) is 188 Å². The van der Waals surface area contributed by atoms with Gasteiger partial charge in [0.05, 0.1) is 33.1 Å². The van der Waals surface area contributed by atoms with Gasteiger partial charge >= 0.3 is 0 Å². The third-order valence-electron chi connectivity index (χ3n) is 10.6. The highest BCUT2D eigenvalue weighted by molar-refractivity contribution is 6.16. The Morgan fingerprint density at radius 2 is 0.962 bits per heavy atom. The van der Waals surface area contributed by atoms with Gasteiger partial charge in [-0.3, -0.25) is 0 Å². The zero-order valence-electron chi connectivity index (χ0n) is 28.4. The molecule has 11 rings (SSSR count). The molecule has 250 valence electrons. The number of fused-ring (bicyclic) bond motifs is 9. The van der Waals surface area contributed by atoms with E-state index in [9.17, 15) is 4.39 Å². The normalized spacial score (nSPS) is 11.9. The first kappa shape index (κ1) is 29.6. The summed E-state index contributed by atoms with van der Waals surface area (Å²) < 4.78 is 25.1. The summed E-state index contributed by atoms with van der Waals surface area (Å²) in [5.41, 5.74) is 11.2. The van der Waals surface area contributed by atoms with Crippen molar-refractivity contribution in [2.45, 2.75) is 0 Å². The second kappa shape index (κ2) is 11.5. The van der Waals surface area contributed by atoms with Gasteiger partial charge in [-0.15, -0.1) is 0 Å². The van der Waals surface area contributed by atoms with Crippen LogP contribution in [-0.2, 0) is 0 Å². The number of anilines is 3. The molecule has 0 saturated carbocycles. The van der Waals surface area contributed by atoms with Crippen molar-refractivity contribution in [2.75, 3.05) is 4.90 Å². The van der Waals surface area contributed by atoms with Crippen molar-refractivity contribution in [3.63, 3.8) is 0 Å². The minimum Gasteiger partial charge on any atom is -0.456 e. The fourth-order valence-electron chi connectivity index (χ4n) is 8.29. The number of aromatic nitrogens is 2. The summed E-state index contributed by atoms with van der Waals surface area (Å²) in [7, 11) is 0. The molecule has 0 bridgehead atoms. The number of para-hydroxylation sites is 4. The molecule has 0 atom stereocenters. The van der Waals surface area contributed by atoms with Crippen LogP contribution in [0.2, 0.25) is 0 Å². The van der Waals surface area contributed by atoms with Crippen LogP contribution in [0.3, 0.4) is 0 Å². The fraction of sp³-hybridized carbons (Fsp3) is 0. The Balaban J connectivity index is 1.22. The fourth-order valence-corrected chi connectivity index (χ4v) is 8.29. The van der Waals surface area contributed by atoms with Crippen LogP contribution in [0.4, 0.5) is 21.5 Å². The largest absolute Gasteiger partial charge is 0.456 e. The second-order valence-electron chi connectivity index (χ2n) is 13.5. The number of nitrogens with zero attached hydrogens (tertiary/aromatic N) is 3. The van der Waals surface area contributed by atoms with Crippen molar-refractivity contribution >= 4 is 82.6 Å². The first-order chi connectivity index (χ1) is 26.2. The number of rotatable bonds is 5. The van der Waals surface area contributed by atoms with E-state index >= 15 is 0 Å². The zero-order chi connectivity index (χ0) is 35.0. The topological polar surface area (TPSA) is 26.2 Å². The highest BCUT2D eigenvalue weighted by atomic mass is 19.1. The van der Waals surface area contributed by atoms with E-state index in [0.717, 1.165) is 83.2 Å². The third-order valence-corrected chi connectivity index (χ3v) is 10.6. The first-order valence-corrected chi connectivity index (χ1v) is 17.8. The summed E-state index contributed by atoms with van der Waals surface area (Å²) in [4.78, 5) is 2.36. The van der Waals surface area contributed by atoms with Crippen LogP contribution in [0.1, 0.15) is 0 Å². The summed E-state index contributed by atoms with van der Waals surface area (Å²) in [6.07, 6.45) is 0. The van der Waals surface area contributed by atoms with E-state index in [1.165, 1.54) is 22.9 Å². The number of benzene rings is 8. The molecule has 3 aromatic heterocycles. The van der Waals surface area contributed by atoms with Crippen LogP contribution < -0.4 is 4.90 Å². The van der Waals surface area contributed by atoms with Crippen molar-refractivity contribution in [1.29, 1.82) is 0 Å². The molecule has 0 unspecified atom stereocenters. The van der Waals surface area contributed by atoms with E-state index in [-0.39, 0.29) is 5.82 Å². The zero-order valence-corrected chi connectivity index (χ0v) is 28.4. The van der Waals surface area contributed by atoms with E-state index < -0.39 is 0 Å². The van der Waals surface area contributed by atoms with Crippen molar-refractivity contribution in [3.8, 4) is 11.4 Å². The Hall–Kier alpha value is -7.11. The van der Waals surface area contributed by atoms with Crippen LogP contribution in [0.15, 0.2) is 186 Å². The Morgan fingerprint density at radius 1 is 0.396 bits per heavy atom. The lowest BCUT2D eigenvalue weighted by atomic mass is 10.1. The maximum absolute atomic E-state index is 14.1. The molecule has 5 heteroatoms. The van der Waals surface area contributed by atoms with Crippen molar-refractivity contribution < 1.29 is 8.81 Å². The lowest BCUT2D eigenvalue weighted by molar-refractivity contribution is 0.627. The highest BCUT2D eigenvalue weighted by Gasteiger charge is 2.23. The summed E-state index contributed by atoms with van der Waals surface area (Å²) in [6.45, 7) is 0. The van der Waals surface area contributed by atoms with Gasteiger partial charge in [0, 0.05) is 49.7 Å². The Bertz CT molecular complexity index is 3190. The van der Waals surface area contributed by atoms with Gasteiger partial charge in [0.15, 0.2) is 0 Å². The molecule has 0 fully saturated rings. The molecule has 0 radical (unpaired) electrons. The lowest BCUT2D eigenvalue weighted by Gasteiger charge is -2.27. The number of hydrogen-bond acceptors (Lipinski definition) is 2. The Morgan fingerprint density at radius 3 is 1.75 bits per heavy atom. The quantitative estimate of drug-likeness (QED) is 0.180. The average Bonchev–Trinajstić information content (AvgIpc) is 3.86. The maximum atomic E-state index is 14.1. The number of halogens is 1. The second-order valence-corrected chi connectivity index (χ2v) is 13.5. The molecule has 0 aliphatic heterocycles. The minimum absolute atomic E-state index is 0.253. The van der Waals surface area contributed by atoms with Crippen molar-refractivity contribution in [2.24, 2.45) is 0 Å². The molecule has 0 aliphatic carbocycles. The average molecular weight is 684 g/mol. The molecule has 0 saturated heterocycles. The summed E-state index contributed by atoms with van der Waals surface area (Å²) in [5.74, 6) is -0.253. The van der Waals surface area contributed by atoms with E-state index in [0.29, 0.717) is 0 Å². The first-order valence-electron chi connectivity index (χ1n) is 17.8. The van der Waals surface area contributed by atoms with Gasteiger partial charge in [-0.05, 0) is 97.1 Å². The molecule has 53 heavy (non-hydrogen) atoms. The molecule has 0 N–H and O–H groups in total. The van der Waals surface area contributed by atoms with Gasteiger partial charge in [0.1, 0.15) is 17.0 Å². The number of hydrogen-bond donors (Lipinski definition) is 0. The van der Waals surface area contributed by atoms with Crippen LogP contribution in [0.25, 0.3) is 76.9 Å². The summed E-state index contributed by atoms with van der Waals surface area (Å²) >= 11 is 0. The summed E-state index contributed by atoms with van der Waals surface area (Å²) in [5, 5.41) is 6.76. The van der Waals surface area contributed by atoms with E-state index in [1.807, 2.05) is 30.3 Å². The van der Waals surface area contributed by atoms with Gasteiger partial charge in [0.25, 0.3) is 0 Å². The lowest BCUT2D eigenvalue weighted by Crippen LogP contribution is -2.10. The molecule has 11 aromatic rings. The monoisotopic (exact) mass is 683 g/mol. The minimum atomic E-state index is -0.253. The van der Waals surface area contributed by atoms with Crippen LogP contribution >= 0.6 is 0 Å². The van der Waals surface area contributed by atoms with Gasteiger partial charge in [0.2, 0.25) is 0 Å². The standard InChI is InChI=1S/C48H30FN3O/c49-31-21-23-33(24-22-31)51-42-17-8-5-14-37(42)40-29-34(26-28-43(40)51)50(44-18-10-20-47-48(44)39-15-6-9-19-46(39)53-47)35-25-27-38-36-13-4-7-16-41(36)52(45(38)30-35)32-11-2-1-3-12-32/h1-30H. The van der Waals surface area contributed by atoms with Gasteiger partial charge in [-0.1, -0.05) is 84.9 Å². The maximum Gasteiger partial charge on any atom is 0.137 e. The smallest absolute Gasteiger partial charge is 0.137 e. The van der Waals surface area contributed by atoms with Crippen LogP contribution in [0, 0.1) is 5.82 Å². The highest BCUT2D eigenvalue weighted by Crippen LogP contribution is 2.46. The molecular weight excluding hydrogens is 654 g/mol. The molecule has 0 spiro atoms. The SMILES string of the molecule is Fc1ccc(-n2c3ccccc3c3cc(N(c4ccc5c6ccccc6n(-c6ccccc6)c5c4)c4cccc5oc6ccccc6c45)ccc32)cc1. The molecule has 8 aromatic carbocycles. The van der Waals surface area contributed by atoms with E-state index in [1.54, 1.807) is 0 Å². The van der Waals surface area contributed by atoms with Crippen molar-refractivity contribution in [1.82, 2.24) is 9.13 Å². The van der Waals surface area contributed by atoms with Gasteiger partial charge in [-0.25, -0.2) is 4.39 Å². The van der Waals surface area contributed by atoms with Gasteiger partial charge < -0.3 is 18.5 Å². The van der Waals surface area contributed by atoms with Gasteiger partial charge in [-0.2, -0.15) is 0 Å². The molecule has 0 aliphatic rings. The number of furan rings is 1. The van der Waals surface area contributed by atoms with E-state index in [2.05, 4.69) is 154 Å². The Kier molecular flexibility index (Phi) is 6.40. The summed E-state index contributed by atoms with van der Waals surface area (Å²) in [6, 6.07) is 62.4. The predicted octanol–water partition coefficient (Wildman–Crippen LogP) is 13.4. The Labute approximate surface area is 303 Å². The third kappa shape index (κ3) is 4.47. The molecule has 4 nitrogen and oxygen atoms in total. The van der Waals surface area contributed by atoms with Crippen LogP contribution in [-0.4, -0.2) is 9.13 Å². The van der Waals surface area contributed by atoms with E-state index in [4.69, 9.17) is 4.42 Å². The molecule has 0 amide bonds. The predicted molar refractivity (Wildman–Crippen MR) is 217 cm³/mol.